The number of piperidine rings is 1. The Hall–Kier alpha value is -4.35. The molecule has 1 fully saturated rings. The van der Waals surface area contributed by atoms with E-state index in [4.69, 9.17) is 14.2 Å². The highest BCUT2D eigenvalue weighted by atomic mass is 16.5. The van der Waals surface area contributed by atoms with Gasteiger partial charge in [-0.2, -0.15) is 0 Å². The van der Waals surface area contributed by atoms with Gasteiger partial charge in [0.05, 0.1) is 43.5 Å². The summed E-state index contributed by atoms with van der Waals surface area (Å²) in [6, 6.07) is 14.3. The molecule has 0 aliphatic carbocycles. The number of methoxy groups -OCH3 is 2. The lowest BCUT2D eigenvalue weighted by molar-refractivity contribution is -0.139. The van der Waals surface area contributed by atoms with Crippen LogP contribution in [0.4, 0.5) is 10.5 Å². The maximum Gasteiger partial charge on any atom is 0.336 e. The predicted octanol–water partition coefficient (Wildman–Crippen LogP) is 4.16. The van der Waals surface area contributed by atoms with Gasteiger partial charge in [-0.3, -0.25) is 0 Å². The Bertz CT molecular complexity index is 1460. The Balaban J connectivity index is 1.34. The highest BCUT2D eigenvalue weighted by Gasteiger charge is 2.38. The van der Waals surface area contributed by atoms with E-state index in [9.17, 15) is 19.5 Å². The van der Waals surface area contributed by atoms with Gasteiger partial charge in [-0.1, -0.05) is 30.3 Å². The lowest BCUT2D eigenvalue weighted by Crippen LogP contribution is -2.43. The molecule has 4 N–H and O–H groups in total. The topological polar surface area (TPSA) is 138 Å². The summed E-state index contributed by atoms with van der Waals surface area (Å²) in [6.45, 7) is 8.17. The summed E-state index contributed by atoms with van der Waals surface area (Å²) in [4.78, 5) is 40.9. The van der Waals surface area contributed by atoms with Gasteiger partial charge in [0.1, 0.15) is 5.75 Å². The molecule has 1 saturated heterocycles. The number of anilines is 1. The maximum absolute atomic E-state index is 13.0. The van der Waals surface area contributed by atoms with Crippen molar-refractivity contribution in [3.05, 3.63) is 82.2 Å². The van der Waals surface area contributed by atoms with E-state index in [1.807, 2.05) is 24.3 Å². The molecular weight excluding hydrogens is 576 g/mol. The molecular formula is C34H44N4O7. The molecule has 1 atom stereocenters. The van der Waals surface area contributed by atoms with Crippen LogP contribution in [0.2, 0.25) is 0 Å². The number of aliphatic hydroxyl groups is 1. The van der Waals surface area contributed by atoms with Gasteiger partial charge in [0.25, 0.3) is 0 Å². The SMILES string of the molecule is CCOC(=O)C1=C(C)NC(C)=C(C(=O)OC)C1c1cccc(NC(=O)NCCCN2CCC(O)(c3ccccc3OC)CC2)c1. The Morgan fingerprint density at radius 3 is 2.36 bits per heavy atom. The second kappa shape index (κ2) is 15.1. The molecule has 0 aromatic heterocycles. The largest absolute Gasteiger partial charge is 0.496 e. The first-order chi connectivity index (χ1) is 21.6. The molecule has 2 amide bonds. The molecule has 0 radical (unpaired) electrons. The lowest BCUT2D eigenvalue weighted by Gasteiger charge is -2.39. The van der Waals surface area contributed by atoms with Crippen molar-refractivity contribution in [2.24, 2.45) is 0 Å². The molecule has 45 heavy (non-hydrogen) atoms. The minimum Gasteiger partial charge on any atom is -0.496 e. The molecule has 11 heteroatoms. The average molecular weight is 621 g/mol. The molecule has 0 spiro atoms. The number of likely N-dealkylation sites (tertiary alicyclic amines) is 1. The van der Waals surface area contributed by atoms with E-state index in [1.165, 1.54) is 7.11 Å². The fraction of sp³-hybridized carbons (Fsp3) is 0.441. The number of amides is 2. The quantitative estimate of drug-likeness (QED) is 0.216. The van der Waals surface area contributed by atoms with Crippen molar-refractivity contribution in [2.45, 2.75) is 51.6 Å². The second-order valence-corrected chi connectivity index (χ2v) is 11.3. The standard InChI is InChI=1S/C34H44N4O7/c1-6-45-32(40)29-23(3)36-22(2)28(31(39)44-5)30(29)24-11-9-12-25(21-24)37-33(41)35-17-10-18-38-19-15-34(42,16-20-38)26-13-7-8-14-27(26)43-4/h7-9,11-14,21,30,36,42H,6,10,15-20H2,1-5H3,(H2,35,37,41). The molecule has 4 rings (SSSR count). The van der Waals surface area contributed by atoms with Gasteiger partial charge < -0.3 is 40.2 Å². The van der Waals surface area contributed by atoms with Crippen molar-refractivity contribution in [2.75, 3.05) is 52.3 Å². The van der Waals surface area contributed by atoms with Crippen molar-refractivity contribution in [1.82, 2.24) is 15.5 Å². The number of carbonyl (C=O) groups excluding carboxylic acids is 3. The van der Waals surface area contributed by atoms with Crippen molar-refractivity contribution < 1.29 is 33.7 Å². The normalized spacial score (nSPS) is 18.1. The number of carbonyl (C=O) groups is 3. The van der Waals surface area contributed by atoms with Crippen molar-refractivity contribution in [3.8, 4) is 5.75 Å². The molecule has 2 aliphatic heterocycles. The minimum absolute atomic E-state index is 0.184. The van der Waals surface area contributed by atoms with Crippen LogP contribution in [0.3, 0.4) is 0 Å². The Labute approximate surface area is 264 Å². The third-order valence-corrected chi connectivity index (χ3v) is 8.37. The molecule has 2 heterocycles. The fourth-order valence-corrected chi connectivity index (χ4v) is 6.11. The number of dihydropyridines is 1. The Morgan fingerprint density at radius 2 is 1.69 bits per heavy atom. The highest BCUT2D eigenvalue weighted by Crippen LogP contribution is 2.40. The zero-order chi connectivity index (χ0) is 32.6. The number of benzene rings is 2. The van der Waals surface area contributed by atoms with E-state index in [0.717, 1.165) is 31.6 Å². The number of nitrogens with zero attached hydrogens (tertiary/aromatic N) is 1. The zero-order valence-corrected chi connectivity index (χ0v) is 26.7. The maximum atomic E-state index is 13.0. The highest BCUT2D eigenvalue weighted by molar-refractivity contribution is 6.00. The number of allylic oxidation sites excluding steroid dienone is 2. The van der Waals surface area contributed by atoms with Crippen molar-refractivity contribution in [3.63, 3.8) is 0 Å². The molecule has 2 aliphatic rings. The first-order valence-electron chi connectivity index (χ1n) is 15.3. The molecule has 242 valence electrons. The summed E-state index contributed by atoms with van der Waals surface area (Å²) in [7, 11) is 2.91. The van der Waals surface area contributed by atoms with Crippen LogP contribution in [-0.2, 0) is 24.7 Å². The smallest absolute Gasteiger partial charge is 0.336 e. The number of rotatable bonds is 11. The van der Waals surface area contributed by atoms with Gasteiger partial charge in [-0.05, 0) is 70.3 Å². The number of para-hydroxylation sites is 1. The summed E-state index contributed by atoms with van der Waals surface area (Å²) in [6.07, 6.45) is 1.95. The second-order valence-electron chi connectivity index (χ2n) is 11.3. The Kier molecular flexibility index (Phi) is 11.2. The molecule has 0 saturated carbocycles. The monoisotopic (exact) mass is 620 g/mol. The summed E-state index contributed by atoms with van der Waals surface area (Å²) in [5.74, 6) is -1.14. The predicted molar refractivity (Wildman–Crippen MR) is 171 cm³/mol. The van der Waals surface area contributed by atoms with E-state index in [2.05, 4.69) is 20.9 Å². The van der Waals surface area contributed by atoms with E-state index < -0.39 is 23.5 Å². The summed E-state index contributed by atoms with van der Waals surface area (Å²) < 4.78 is 15.8. The summed E-state index contributed by atoms with van der Waals surface area (Å²) in [5.41, 5.74) is 2.82. The number of urea groups is 1. The van der Waals surface area contributed by atoms with E-state index >= 15 is 0 Å². The first kappa shape index (κ1) is 33.5. The van der Waals surface area contributed by atoms with Gasteiger partial charge in [-0.15, -0.1) is 0 Å². The van der Waals surface area contributed by atoms with E-state index in [0.29, 0.717) is 58.9 Å². The number of nitrogens with one attached hydrogen (secondary N) is 3. The number of hydrogen-bond donors (Lipinski definition) is 4. The van der Waals surface area contributed by atoms with Crippen molar-refractivity contribution in [1.29, 1.82) is 0 Å². The molecule has 2 aromatic rings. The summed E-state index contributed by atoms with van der Waals surface area (Å²) in [5, 5.41) is 20.1. The zero-order valence-electron chi connectivity index (χ0n) is 26.7. The summed E-state index contributed by atoms with van der Waals surface area (Å²) >= 11 is 0. The van der Waals surface area contributed by atoms with Gasteiger partial charge in [-0.25, -0.2) is 14.4 Å². The number of hydrogen-bond acceptors (Lipinski definition) is 9. The minimum atomic E-state index is -0.915. The van der Waals surface area contributed by atoms with Crippen LogP contribution in [0, 0.1) is 0 Å². The van der Waals surface area contributed by atoms with Crippen LogP contribution in [0.25, 0.3) is 0 Å². The van der Waals surface area contributed by atoms with Gasteiger partial charge in [0.15, 0.2) is 0 Å². The molecule has 11 nitrogen and oxygen atoms in total. The Morgan fingerprint density at radius 1 is 1.00 bits per heavy atom. The van der Waals surface area contributed by atoms with Gasteiger partial charge in [0.2, 0.25) is 0 Å². The van der Waals surface area contributed by atoms with E-state index in [1.54, 1.807) is 52.1 Å². The fourth-order valence-electron chi connectivity index (χ4n) is 6.11. The third-order valence-electron chi connectivity index (χ3n) is 8.37. The van der Waals surface area contributed by atoms with Gasteiger partial charge in [0, 0.05) is 42.3 Å². The van der Waals surface area contributed by atoms with E-state index in [-0.39, 0.29) is 12.6 Å². The molecule has 1 unspecified atom stereocenters. The van der Waals surface area contributed by atoms with Gasteiger partial charge >= 0.3 is 18.0 Å². The van der Waals surface area contributed by atoms with Crippen LogP contribution in [0.1, 0.15) is 57.1 Å². The lowest BCUT2D eigenvalue weighted by atomic mass is 9.80. The van der Waals surface area contributed by atoms with Crippen LogP contribution in [-0.4, -0.2) is 75.0 Å². The van der Waals surface area contributed by atoms with Crippen LogP contribution in [0.5, 0.6) is 5.75 Å². The molecule has 2 aromatic carbocycles. The number of ether oxygens (including phenoxy) is 3. The van der Waals surface area contributed by atoms with Crippen LogP contribution < -0.4 is 20.7 Å². The van der Waals surface area contributed by atoms with Crippen molar-refractivity contribution >= 4 is 23.7 Å². The third kappa shape index (κ3) is 7.84. The number of esters is 2. The van der Waals surface area contributed by atoms with Crippen LogP contribution in [0.15, 0.2) is 71.1 Å². The molecule has 0 bridgehead atoms. The van der Waals surface area contributed by atoms with Crippen LogP contribution >= 0.6 is 0 Å². The average Bonchev–Trinajstić information content (AvgIpc) is 3.03. The first-order valence-corrected chi connectivity index (χ1v) is 15.3.